The third-order valence-electron chi connectivity index (χ3n) is 5.38. The van der Waals surface area contributed by atoms with Crippen LogP contribution in [0.3, 0.4) is 0 Å². The van der Waals surface area contributed by atoms with E-state index in [1.807, 2.05) is 50.5 Å². The van der Waals surface area contributed by atoms with Gasteiger partial charge in [-0.15, -0.1) is 11.3 Å². The van der Waals surface area contributed by atoms with Gasteiger partial charge in [0, 0.05) is 35.5 Å². The maximum Gasteiger partial charge on any atom is 0.261 e. The van der Waals surface area contributed by atoms with Gasteiger partial charge in [-0.25, -0.2) is 15.0 Å². The lowest BCUT2D eigenvalue weighted by Gasteiger charge is -2.16. The van der Waals surface area contributed by atoms with Gasteiger partial charge in [0.25, 0.3) is 5.56 Å². The number of pyridine rings is 2. The summed E-state index contributed by atoms with van der Waals surface area (Å²) >= 11 is 1.58. The fourth-order valence-corrected chi connectivity index (χ4v) is 4.17. The molecule has 0 amide bonds. The summed E-state index contributed by atoms with van der Waals surface area (Å²) in [5.41, 5.74) is 5.20. The molecule has 0 atom stereocenters. The van der Waals surface area contributed by atoms with Gasteiger partial charge >= 0.3 is 0 Å². The smallest absolute Gasteiger partial charge is 0.261 e. The third-order valence-corrected chi connectivity index (χ3v) is 6.20. The van der Waals surface area contributed by atoms with Gasteiger partial charge < -0.3 is 4.74 Å². The Kier molecular flexibility index (Phi) is 6.37. The number of hydrogen-bond donors (Lipinski definition) is 0. The Morgan fingerprint density at radius 3 is 2.58 bits per heavy atom. The Bertz CT molecular complexity index is 1370. The Hall–Kier alpha value is -3.39. The van der Waals surface area contributed by atoms with Crippen LogP contribution in [-0.4, -0.2) is 24.5 Å². The highest BCUT2D eigenvalue weighted by Gasteiger charge is 2.15. The minimum atomic E-state index is -0.126. The molecule has 0 bridgehead atoms. The zero-order chi connectivity index (χ0) is 23.7. The molecule has 0 aromatic carbocycles. The number of thiazole rings is 1. The van der Waals surface area contributed by atoms with Gasteiger partial charge in [-0.05, 0) is 45.4 Å². The number of aromatic nitrogens is 5. The van der Waals surface area contributed by atoms with E-state index in [4.69, 9.17) is 9.72 Å². The van der Waals surface area contributed by atoms with E-state index < -0.39 is 0 Å². The predicted molar refractivity (Wildman–Crippen MR) is 130 cm³/mol. The average Bonchev–Trinajstić information content (AvgIpc) is 3.21. The molecular weight excluding hydrogens is 434 g/mol. The van der Waals surface area contributed by atoms with Crippen molar-refractivity contribution in [2.45, 2.75) is 54.1 Å². The van der Waals surface area contributed by atoms with Crippen molar-refractivity contribution < 1.29 is 4.74 Å². The lowest BCUT2D eigenvalue weighted by Crippen LogP contribution is -2.23. The van der Waals surface area contributed by atoms with Crippen molar-refractivity contribution >= 4 is 11.3 Å². The molecule has 0 fully saturated rings. The largest absolute Gasteiger partial charge is 0.487 e. The highest BCUT2D eigenvalue weighted by molar-refractivity contribution is 7.09. The van der Waals surface area contributed by atoms with Gasteiger partial charge in [0.15, 0.2) is 0 Å². The second-order valence-electron chi connectivity index (χ2n) is 8.38. The summed E-state index contributed by atoms with van der Waals surface area (Å²) in [5, 5.41) is 2.96. The van der Waals surface area contributed by atoms with Crippen LogP contribution in [-0.2, 0) is 6.61 Å². The zero-order valence-corrected chi connectivity index (χ0v) is 20.5. The Morgan fingerprint density at radius 2 is 1.88 bits per heavy atom. The molecule has 4 aromatic heterocycles. The van der Waals surface area contributed by atoms with Gasteiger partial charge in [-0.3, -0.25) is 14.3 Å². The van der Waals surface area contributed by atoms with Crippen LogP contribution in [0.2, 0.25) is 0 Å². The van der Waals surface area contributed by atoms with E-state index >= 15 is 0 Å². The molecule has 170 valence electrons. The van der Waals surface area contributed by atoms with E-state index in [2.05, 4.69) is 28.8 Å². The molecule has 0 unspecified atom stereocenters. The molecule has 0 aliphatic heterocycles. The lowest BCUT2D eigenvalue weighted by atomic mass is 10.1. The number of nitrogens with zero attached hydrogens (tertiary/aromatic N) is 5. The van der Waals surface area contributed by atoms with Crippen LogP contribution in [0.25, 0.3) is 17.1 Å². The van der Waals surface area contributed by atoms with Gasteiger partial charge in [0.05, 0.1) is 33.3 Å². The van der Waals surface area contributed by atoms with E-state index in [1.165, 1.54) is 0 Å². The Balaban J connectivity index is 1.71. The third kappa shape index (κ3) is 4.71. The van der Waals surface area contributed by atoms with E-state index in [-0.39, 0.29) is 11.5 Å². The normalized spacial score (nSPS) is 11.2. The molecule has 0 aliphatic carbocycles. The summed E-state index contributed by atoms with van der Waals surface area (Å²) in [6.45, 7) is 12.1. The fraction of sp³-hybridized carbons (Fsp3) is 0.320. The van der Waals surface area contributed by atoms with Crippen molar-refractivity contribution in [3.63, 3.8) is 0 Å². The fourth-order valence-electron chi connectivity index (χ4n) is 3.57. The number of hydrogen-bond acceptors (Lipinski definition) is 7. The molecule has 4 heterocycles. The minimum absolute atomic E-state index is 0.126. The number of rotatable bonds is 6. The van der Waals surface area contributed by atoms with Crippen LogP contribution >= 0.6 is 11.3 Å². The highest BCUT2D eigenvalue weighted by atomic mass is 32.1. The highest BCUT2D eigenvalue weighted by Crippen LogP contribution is 2.25. The molecule has 8 heteroatoms. The molecule has 7 nitrogen and oxygen atoms in total. The Morgan fingerprint density at radius 1 is 1.09 bits per heavy atom. The molecular formula is C25H27N5O2S. The zero-order valence-electron chi connectivity index (χ0n) is 19.7. The minimum Gasteiger partial charge on any atom is -0.487 e. The van der Waals surface area contributed by atoms with Crippen molar-refractivity contribution in [1.29, 1.82) is 0 Å². The van der Waals surface area contributed by atoms with Crippen LogP contribution in [0, 0.1) is 27.7 Å². The van der Waals surface area contributed by atoms with Gasteiger partial charge in [0.1, 0.15) is 18.2 Å². The van der Waals surface area contributed by atoms with Gasteiger partial charge in [-0.1, -0.05) is 13.8 Å². The maximum absolute atomic E-state index is 13.3. The summed E-state index contributed by atoms with van der Waals surface area (Å²) in [4.78, 5) is 31.4. The molecule has 4 aromatic rings. The summed E-state index contributed by atoms with van der Waals surface area (Å²) in [6, 6.07) is 5.62. The first-order valence-electron chi connectivity index (χ1n) is 10.8. The number of aryl methyl sites for hydroxylation is 3. The molecule has 0 N–H and O–H groups in total. The SMILES string of the molecule is Cc1nc(COc2cc(C)n(-c3ccnc(-c4nc(C(C)C)ncc4C)c3)c(=O)c2C)cs1. The number of ether oxygens (including phenoxy) is 1. The molecule has 0 saturated heterocycles. The van der Waals surface area contributed by atoms with E-state index in [9.17, 15) is 4.79 Å². The summed E-state index contributed by atoms with van der Waals surface area (Å²) < 4.78 is 7.62. The Labute approximate surface area is 197 Å². The first-order valence-corrected chi connectivity index (χ1v) is 11.7. The van der Waals surface area contributed by atoms with Gasteiger partial charge in [0.2, 0.25) is 0 Å². The summed E-state index contributed by atoms with van der Waals surface area (Å²) in [7, 11) is 0. The molecule has 0 radical (unpaired) electrons. The van der Waals surface area contributed by atoms with Crippen molar-refractivity contribution in [1.82, 2.24) is 24.5 Å². The second kappa shape index (κ2) is 9.23. The topological polar surface area (TPSA) is 82.8 Å². The average molecular weight is 462 g/mol. The first kappa shape index (κ1) is 22.8. The molecule has 0 saturated carbocycles. The van der Waals surface area contributed by atoms with Crippen LogP contribution in [0.5, 0.6) is 5.75 Å². The summed E-state index contributed by atoms with van der Waals surface area (Å²) in [5.74, 6) is 1.55. The van der Waals surface area contributed by atoms with Crippen molar-refractivity contribution in [3.05, 3.63) is 79.7 Å². The molecule has 0 aliphatic rings. The molecule has 33 heavy (non-hydrogen) atoms. The van der Waals surface area contributed by atoms with Crippen molar-refractivity contribution in [2.75, 3.05) is 0 Å². The monoisotopic (exact) mass is 461 g/mol. The second-order valence-corrected chi connectivity index (χ2v) is 9.44. The van der Waals surface area contributed by atoms with E-state index in [0.717, 1.165) is 39.2 Å². The lowest BCUT2D eigenvalue weighted by molar-refractivity contribution is 0.298. The van der Waals surface area contributed by atoms with Crippen molar-refractivity contribution in [3.8, 4) is 22.8 Å². The predicted octanol–water partition coefficient (Wildman–Crippen LogP) is 5.08. The van der Waals surface area contributed by atoms with Crippen LogP contribution in [0.1, 0.15) is 53.1 Å². The van der Waals surface area contributed by atoms with Crippen LogP contribution < -0.4 is 10.3 Å². The van der Waals surface area contributed by atoms with Crippen LogP contribution in [0.15, 0.2) is 40.8 Å². The quantitative estimate of drug-likeness (QED) is 0.398. The molecule has 0 spiro atoms. The van der Waals surface area contributed by atoms with Crippen molar-refractivity contribution in [2.24, 2.45) is 0 Å². The van der Waals surface area contributed by atoms with E-state index in [0.29, 0.717) is 23.6 Å². The summed E-state index contributed by atoms with van der Waals surface area (Å²) in [6.07, 6.45) is 3.53. The van der Waals surface area contributed by atoms with Crippen LogP contribution in [0.4, 0.5) is 0 Å². The van der Waals surface area contributed by atoms with Gasteiger partial charge in [-0.2, -0.15) is 0 Å². The van der Waals surface area contributed by atoms with E-state index in [1.54, 1.807) is 29.0 Å². The first-order chi connectivity index (χ1) is 15.7. The molecule has 4 rings (SSSR count). The standard InChI is InChI=1S/C25H27N5O2S/c1-14(2)24-27-11-15(3)23(29-24)21-10-20(7-8-26-21)30-16(4)9-22(17(5)25(30)31)32-12-19-13-33-18(6)28-19/h7-11,13-14H,12H2,1-6H3. The maximum atomic E-state index is 13.3.